The highest BCUT2D eigenvalue weighted by molar-refractivity contribution is 6.32. The lowest BCUT2D eigenvalue weighted by Crippen LogP contribution is -2.22. The summed E-state index contributed by atoms with van der Waals surface area (Å²) in [6.07, 6.45) is 0. The molecule has 0 aromatic heterocycles. The lowest BCUT2D eigenvalue weighted by Gasteiger charge is -2.14. The Kier molecular flexibility index (Phi) is 7.41. The Morgan fingerprint density at radius 1 is 1.08 bits per heavy atom. The summed E-state index contributed by atoms with van der Waals surface area (Å²) in [5, 5.41) is 6.32. The van der Waals surface area contributed by atoms with E-state index in [1.54, 1.807) is 36.4 Å². The molecule has 26 heavy (non-hydrogen) atoms. The molecule has 0 saturated carbocycles. The molecule has 0 saturated heterocycles. The number of para-hydroxylation sites is 1. The molecule has 140 valence electrons. The van der Waals surface area contributed by atoms with Gasteiger partial charge in [0.1, 0.15) is 0 Å². The van der Waals surface area contributed by atoms with Gasteiger partial charge >= 0.3 is 0 Å². The minimum absolute atomic E-state index is 0.0634. The topological polar surface area (TPSA) is 68.8 Å². The second-order valence-corrected chi connectivity index (χ2v) is 5.66. The summed E-state index contributed by atoms with van der Waals surface area (Å²) in [4.78, 5) is 12.2. The molecule has 0 fully saturated rings. The third-order valence-electron chi connectivity index (χ3n) is 3.44. The Morgan fingerprint density at radius 2 is 1.81 bits per heavy atom. The van der Waals surface area contributed by atoms with Gasteiger partial charge in [0.05, 0.1) is 37.6 Å². The Bertz CT molecular complexity index is 752. The number of anilines is 2. The normalized spacial score (nSPS) is 10.2. The number of hydrogen-bond donors (Lipinski definition) is 2. The van der Waals surface area contributed by atoms with Gasteiger partial charge in [-0.15, -0.1) is 0 Å². The SMILES string of the molecule is CCOc1ccc(NC(=O)CNc2cccc(Cl)c2OC)cc1OCC. The van der Waals surface area contributed by atoms with Crippen LogP contribution >= 0.6 is 11.6 Å². The highest BCUT2D eigenvalue weighted by atomic mass is 35.5. The highest BCUT2D eigenvalue weighted by Crippen LogP contribution is 2.32. The fourth-order valence-corrected chi connectivity index (χ4v) is 2.62. The number of carbonyl (C=O) groups is 1. The van der Waals surface area contributed by atoms with E-state index in [9.17, 15) is 4.79 Å². The molecular weight excluding hydrogens is 356 g/mol. The first-order valence-corrected chi connectivity index (χ1v) is 8.72. The zero-order valence-corrected chi connectivity index (χ0v) is 15.9. The molecule has 1 amide bonds. The molecule has 2 aromatic rings. The highest BCUT2D eigenvalue weighted by Gasteiger charge is 2.11. The van der Waals surface area contributed by atoms with E-state index in [1.165, 1.54) is 7.11 Å². The largest absolute Gasteiger partial charge is 0.493 e. The quantitative estimate of drug-likeness (QED) is 0.684. The Balaban J connectivity index is 2.01. The van der Waals surface area contributed by atoms with E-state index in [-0.39, 0.29) is 12.5 Å². The van der Waals surface area contributed by atoms with Crippen molar-refractivity contribution in [1.29, 1.82) is 0 Å². The lowest BCUT2D eigenvalue weighted by molar-refractivity contribution is -0.114. The molecule has 0 aliphatic rings. The van der Waals surface area contributed by atoms with Gasteiger partial charge in [-0.3, -0.25) is 4.79 Å². The van der Waals surface area contributed by atoms with Gasteiger partial charge in [-0.1, -0.05) is 17.7 Å². The summed E-state index contributed by atoms with van der Waals surface area (Å²) < 4.78 is 16.3. The molecule has 0 radical (unpaired) electrons. The molecule has 0 unspecified atom stereocenters. The number of hydrogen-bond acceptors (Lipinski definition) is 5. The first-order valence-electron chi connectivity index (χ1n) is 8.34. The van der Waals surface area contributed by atoms with Crippen LogP contribution in [-0.2, 0) is 4.79 Å². The number of nitrogens with one attached hydrogen (secondary N) is 2. The van der Waals surface area contributed by atoms with E-state index in [4.69, 9.17) is 25.8 Å². The molecule has 0 aliphatic carbocycles. The first-order chi connectivity index (χ1) is 12.6. The Morgan fingerprint density at radius 3 is 2.50 bits per heavy atom. The van der Waals surface area contributed by atoms with Crippen LogP contribution in [0.2, 0.25) is 5.02 Å². The average molecular weight is 379 g/mol. The predicted octanol–water partition coefficient (Wildman–Crippen LogP) is 4.20. The van der Waals surface area contributed by atoms with Crippen LogP contribution in [0.15, 0.2) is 36.4 Å². The van der Waals surface area contributed by atoms with Crippen LogP contribution in [0.3, 0.4) is 0 Å². The molecule has 2 rings (SSSR count). The molecular formula is C19H23ClN2O4. The van der Waals surface area contributed by atoms with Gasteiger partial charge in [0, 0.05) is 11.8 Å². The number of carbonyl (C=O) groups excluding carboxylic acids is 1. The minimum Gasteiger partial charge on any atom is -0.493 e. The Hall–Kier alpha value is -2.60. The van der Waals surface area contributed by atoms with E-state index < -0.39 is 0 Å². The molecule has 0 aliphatic heterocycles. The number of methoxy groups -OCH3 is 1. The standard InChI is InChI=1S/C19H23ClN2O4/c1-4-25-16-10-9-13(11-17(16)26-5-2)22-18(23)12-21-15-8-6-7-14(20)19(15)24-3/h6-11,21H,4-5,12H2,1-3H3,(H,22,23). The van der Waals surface area contributed by atoms with E-state index in [2.05, 4.69) is 10.6 Å². The monoisotopic (exact) mass is 378 g/mol. The van der Waals surface area contributed by atoms with Crippen molar-refractivity contribution in [2.75, 3.05) is 37.5 Å². The van der Waals surface area contributed by atoms with Gasteiger partial charge in [-0.2, -0.15) is 0 Å². The van der Waals surface area contributed by atoms with Crippen LogP contribution < -0.4 is 24.8 Å². The molecule has 6 nitrogen and oxygen atoms in total. The van der Waals surface area contributed by atoms with Gasteiger partial charge < -0.3 is 24.8 Å². The number of halogens is 1. The van der Waals surface area contributed by atoms with Crippen LogP contribution in [0.5, 0.6) is 17.2 Å². The summed E-state index contributed by atoms with van der Waals surface area (Å²) in [6.45, 7) is 4.91. The van der Waals surface area contributed by atoms with Crippen molar-refractivity contribution in [3.8, 4) is 17.2 Å². The zero-order valence-electron chi connectivity index (χ0n) is 15.1. The minimum atomic E-state index is -0.210. The maximum absolute atomic E-state index is 12.2. The van der Waals surface area contributed by atoms with E-state index in [1.807, 2.05) is 13.8 Å². The Labute approximate surface area is 158 Å². The van der Waals surface area contributed by atoms with Crippen LogP contribution in [0, 0.1) is 0 Å². The predicted molar refractivity (Wildman–Crippen MR) is 104 cm³/mol. The average Bonchev–Trinajstić information content (AvgIpc) is 2.62. The van der Waals surface area contributed by atoms with Crippen molar-refractivity contribution in [3.63, 3.8) is 0 Å². The van der Waals surface area contributed by atoms with Crippen molar-refractivity contribution in [2.45, 2.75) is 13.8 Å². The molecule has 0 bridgehead atoms. The van der Waals surface area contributed by atoms with Crippen LogP contribution in [0.4, 0.5) is 11.4 Å². The molecule has 0 heterocycles. The fourth-order valence-electron chi connectivity index (χ4n) is 2.37. The summed E-state index contributed by atoms with van der Waals surface area (Å²) in [5.41, 5.74) is 1.28. The number of ether oxygens (including phenoxy) is 3. The summed E-state index contributed by atoms with van der Waals surface area (Å²) >= 11 is 6.07. The molecule has 2 aromatic carbocycles. The second kappa shape index (κ2) is 9.77. The van der Waals surface area contributed by atoms with E-state index >= 15 is 0 Å². The van der Waals surface area contributed by atoms with Gasteiger partial charge in [-0.25, -0.2) is 0 Å². The van der Waals surface area contributed by atoms with E-state index in [0.29, 0.717) is 46.9 Å². The third-order valence-corrected chi connectivity index (χ3v) is 3.74. The van der Waals surface area contributed by atoms with Crippen LogP contribution in [-0.4, -0.2) is 32.8 Å². The van der Waals surface area contributed by atoms with Gasteiger partial charge in [0.2, 0.25) is 5.91 Å². The molecule has 2 N–H and O–H groups in total. The van der Waals surface area contributed by atoms with Crippen LogP contribution in [0.25, 0.3) is 0 Å². The smallest absolute Gasteiger partial charge is 0.243 e. The lowest BCUT2D eigenvalue weighted by atomic mass is 10.2. The van der Waals surface area contributed by atoms with Gasteiger partial charge in [-0.05, 0) is 38.1 Å². The maximum atomic E-state index is 12.2. The van der Waals surface area contributed by atoms with E-state index in [0.717, 1.165) is 0 Å². The first kappa shape index (κ1) is 19.7. The molecule has 7 heteroatoms. The van der Waals surface area contributed by atoms with Crippen molar-refractivity contribution < 1.29 is 19.0 Å². The molecule has 0 spiro atoms. The summed E-state index contributed by atoms with van der Waals surface area (Å²) in [6, 6.07) is 10.6. The van der Waals surface area contributed by atoms with Crippen molar-refractivity contribution in [3.05, 3.63) is 41.4 Å². The number of rotatable bonds is 9. The van der Waals surface area contributed by atoms with Crippen LogP contribution in [0.1, 0.15) is 13.8 Å². The summed E-state index contributed by atoms with van der Waals surface area (Å²) in [5.74, 6) is 1.53. The summed E-state index contributed by atoms with van der Waals surface area (Å²) in [7, 11) is 1.53. The van der Waals surface area contributed by atoms with Gasteiger partial charge in [0.25, 0.3) is 0 Å². The van der Waals surface area contributed by atoms with Crippen molar-refractivity contribution in [2.24, 2.45) is 0 Å². The number of amides is 1. The third kappa shape index (κ3) is 5.20. The van der Waals surface area contributed by atoms with Crippen molar-refractivity contribution >= 4 is 28.9 Å². The van der Waals surface area contributed by atoms with Crippen molar-refractivity contribution in [1.82, 2.24) is 0 Å². The second-order valence-electron chi connectivity index (χ2n) is 5.25. The zero-order chi connectivity index (χ0) is 18.9. The fraction of sp³-hybridized carbons (Fsp3) is 0.316. The maximum Gasteiger partial charge on any atom is 0.243 e. The molecule has 0 atom stereocenters. The number of benzene rings is 2. The van der Waals surface area contributed by atoms with Gasteiger partial charge in [0.15, 0.2) is 17.2 Å².